The molecule has 1 aliphatic rings. The monoisotopic (exact) mass is 280 g/mol. The fourth-order valence-electron chi connectivity index (χ4n) is 2.64. The van der Waals surface area contributed by atoms with Gasteiger partial charge in [-0.05, 0) is 43.9 Å². The minimum atomic E-state index is -0.509. The van der Waals surface area contributed by atoms with E-state index < -0.39 is 6.10 Å². The van der Waals surface area contributed by atoms with Gasteiger partial charge in [-0.3, -0.25) is 0 Å². The number of aliphatic hydroxyl groups excluding tert-OH is 1. The minimum Gasteiger partial charge on any atom is -0.493 e. The van der Waals surface area contributed by atoms with Crippen LogP contribution in [0, 0.1) is 0 Å². The summed E-state index contributed by atoms with van der Waals surface area (Å²) in [7, 11) is 3.37. The average Bonchev–Trinajstić information content (AvgIpc) is 2.47. The van der Waals surface area contributed by atoms with E-state index in [0.717, 1.165) is 37.0 Å². The highest BCUT2D eigenvalue weighted by Gasteiger charge is 2.24. The molecule has 4 nitrogen and oxygen atoms in total. The van der Waals surface area contributed by atoms with E-state index in [0.29, 0.717) is 5.75 Å². The molecule has 1 N–H and O–H groups in total. The summed E-state index contributed by atoms with van der Waals surface area (Å²) in [4.78, 5) is 0. The molecule has 2 unspecified atom stereocenters. The standard InChI is InChI=1S/C16H24O4/c1-11(17)12-7-8-15(16(9-12)19-3)20-14-6-4-5-13(10-14)18-2/h7-9,11,13-14,17H,4-6,10H2,1-3H3/t11-,13?,14?/m0/s1. The molecule has 1 aliphatic carbocycles. The van der Waals surface area contributed by atoms with Gasteiger partial charge in [0.1, 0.15) is 6.10 Å². The predicted molar refractivity (Wildman–Crippen MR) is 77.3 cm³/mol. The van der Waals surface area contributed by atoms with Crippen LogP contribution in [0.15, 0.2) is 18.2 Å². The maximum absolute atomic E-state index is 9.61. The predicted octanol–water partition coefficient (Wildman–Crippen LogP) is 3.08. The number of methoxy groups -OCH3 is 2. The van der Waals surface area contributed by atoms with E-state index in [1.807, 2.05) is 18.2 Å². The molecular weight excluding hydrogens is 256 g/mol. The second-order valence-corrected chi connectivity index (χ2v) is 5.35. The summed E-state index contributed by atoms with van der Waals surface area (Å²) in [5, 5.41) is 9.61. The number of benzene rings is 1. The molecule has 1 saturated carbocycles. The highest BCUT2D eigenvalue weighted by atomic mass is 16.5. The number of ether oxygens (including phenoxy) is 3. The Morgan fingerprint density at radius 3 is 2.55 bits per heavy atom. The fourth-order valence-corrected chi connectivity index (χ4v) is 2.64. The Kier molecular flexibility index (Phi) is 5.26. The molecule has 112 valence electrons. The van der Waals surface area contributed by atoms with E-state index in [-0.39, 0.29) is 12.2 Å². The van der Waals surface area contributed by atoms with Crippen molar-refractivity contribution in [2.45, 2.75) is 50.9 Å². The Hall–Kier alpha value is -1.26. The van der Waals surface area contributed by atoms with E-state index in [9.17, 15) is 5.11 Å². The van der Waals surface area contributed by atoms with Gasteiger partial charge in [-0.1, -0.05) is 6.07 Å². The third-order valence-corrected chi connectivity index (χ3v) is 3.88. The summed E-state index contributed by atoms with van der Waals surface area (Å²) in [5.74, 6) is 1.40. The van der Waals surface area contributed by atoms with Gasteiger partial charge in [-0.25, -0.2) is 0 Å². The van der Waals surface area contributed by atoms with Crippen molar-refractivity contribution in [2.24, 2.45) is 0 Å². The van der Waals surface area contributed by atoms with Gasteiger partial charge in [-0.2, -0.15) is 0 Å². The number of hydrogen-bond acceptors (Lipinski definition) is 4. The molecule has 0 bridgehead atoms. The SMILES string of the molecule is COc1cc([C@H](C)O)ccc1OC1CCCC(OC)C1. The van der Waals surface area contributed by atoms with E-state index in [4.69, 9.17) is 14.2 Å². The first kappa shape index (κ1) is 15.1. The van der Waals surface area contributed by atoms with Crippen LogP contribution in [0.3, 0.4) is 0 Å². The zero-order valence-corrected chi connectivity index (χ0v) is 12.5. The molecule has 4 heteroatoms. The quantitative estimate of drug-likeness (QED) is 0.900. The fraction of sp³-hybridized carbons (Fsp3) is 0.625. The van der Waals surface area contributed by atoms with E-state index in [1.165, 1.54) is 0 Å². The Bertz CT molecular complexity index is 430. The highest BCUT2D eigenvalue weighted by Crippen LogP contribution is 2.33. The molecule has 1 aromatic rings. The van der Waals surface area contributed by atoms with Crippen molar-refractivity contribution in [3.05, 3.63) is 23.8 Å². The van der Waals surface area contributed by atoms with Crippen LogP contribution >= 0.6 is 0 Å². The summed E-state index contributed by atoms with van der Waals surface area (Å²) in [6.07, 6.45) is 4.13. The van der Waals surface area contributed by atoms with Crippen LogP contribution in [0.1, 0.15) is 44.3 Å². The van der Waals surface area contributed by atoms with Crippen molar-refractivity contribution in [1.82, 2.24) is 0 Å². The zero-order valence-electron chi connectivity index (χ0n) is 12.5. The lowest BCUT2D eigenvalue weighted by atomic mass is 9.95. The third kappa shape index (κ3) is 3.64. The lowest BCUT2D eigenvalue weighted by Gasteiger charge is -2.29. The molecule has 3 atom stereocenters. The van der Waals surface area contributed by atoms with Crippen LogP contribution < -0.4 is 9.47 Å². The lowest BCUT2D eigenvalue weighted by Crippen LogP contribution is -2.29. The van der Waals surface area contributed by atoms with Crippen molar-refractivity contribution in [1.29, 1.82) is 0 Å². The first-order valence-electron chi connectivity index (χ1n) is 7.19. The van der Waals surface area contributed by atoms with Crippen molar-refractivity contribution >= 4 is 0 Å². The van der Waals surface area contributed by atoms with Gasteiger partial charge >= 0.3 is 0 Å². The van der Waals surface area contributed by atoms with E-state index >= 15 is 0 Å². The molecule has 0 radical (unpaired) electrons. The second-order valence-electron chi connectivity index (χ2n) is 5.35. The Morgan fingerprint density at radius 2 is 1.90 bits per heavy atom. The van der Waals surface area contributed by atoms with Gasteiger partial charge in [0.15, 0.2) is 11.5 Å². The first-order valence-corrected chi connectivity index (χ1v) is 7.19. The maximum Gasteiger partial charge on any atom is 0.161 e. The third-order valence-electron chi connectivity index (χ3n) is 3.88. The molecule has 0 amide bonds. The molecule has 0 aromatic heterocycles. The summed E-state index contributed by atoms with van der Waals surface area (Å²) in [6.45, 7) is 1.74. The van der Waals surface area contributed by atoms with Gasteiger partial charge < -0.3 is 19.3 Å². The van der Waals surface area contributed by atoms with Crippen molar-refractivity contribution in [2.75, 3.05) is 14.2 Å². The molecule has 1 fully saturated rings. The summed E-state index contributed by atoms with van der Waals surface area (Å²) in [6, 6.07) is 5.58. The van der Waals surface area contributed by atoms with Crippen molar-refractivity contribution in [3.63, 3.8) is 0 Å². The zero-order chi connectivity index (χ0) is 14.5. The molecule has 0 heterocycles. The number of hydrogen-bond donors (Lipinski definition) is 1. The first-order chi connectivity index (χ1) is 9.63. The van der Waals surface area contributed by atoms with Crippen molar-refractivity contribution < 1.29 is 19.3 Å². The van der Waals surface area contributed by atoms with Gasteiger partial charge in [0.2, 0.25) is 0 Å². The Labute approximate surface area is 120 Å². The molecule has 1 aromatic carbocycles. The normalized spacial score (nSPS) is 24.2. The van der Waals surface area contributed by atoms with Gasteiger partial charge in [0.25, 0.3) is 0 Å². The summed E-state index contributed by atoms with van der Waals surface area (Å²) < 4.78 is 16.8. The van der Waals surface area contributed by atoms with Gasteiger partial charge in [-0.15, -0.1) is 0 Å². The maximum atomic E-state index is 9.61. The Balaban J connectivity index is 2.08. The van der Waals surface area contributed by atoms with E-state index in [2.05, 4.69) is 0 Å². The van der Waals surface area contributed by atoms with E-state index in [1.54, 1.807) is 21.1 Å². The van der Waals surface area contributed by atoms with Crippen LogP contribution in [0.4, 0.5) is 0 Å². The summed E-state index contributed by atoms with van der Waals surface area (Å²) in [5.41, 5.74) is 0.826. The number of aliphatic hydroxyl groups is 1. The Morgan fingerprint density at radius 1 is 1.15 bits per heavy atom. The van der Waals surface area contributed by atoms with Crippen LogP contribution in [0.25, 0.3) is 0 Å². The molecule has 0 spiro atoms. The molecule has 0 aliphatic heterocycles. The van der Waals surface area contributed by atoms with Crippen LogP contribution in [-0.4, -0.2) is 31.5 Å². The molecule has 20 heavy (non-hydrogen) atoms. The van der Waals surface area contributed by atoms with Gasteiger partial charge in [0.05, 0.1) is 19.3 Å². The smallest absolute Gasteiger partial charge is 0.161 e. The molecule has 2 rings (SSSR count). The topological polar surface area (TPSA) is 47.9 Å². The summed E-state index contributed by atoms with van der Waals surface area (Å²) >= 11 is 0. The second kappa shape index (κ2) is 6.95. The molecule has 0 saturated heterocycles. The lowest BCUT2D eigenvalue weighted by molar-refractivity contribution is 0.0201. The van der Waals surface area contributed by atoms with Crippen LogP contribution in [-0.2, 0) is 4.74 Å². The van der Waals surface area contributed by atoms with Crippen molar-refractivity contribution in [3.8, 4) is 11.5 Å². The minimum absolute atomic E-state index is 0.167. The van der Waals surface area contributed by atoms with Gasteiger partial charge in [0, 0.05) is 13.5 Å². The number of rotatable bonds is 5. The highest BCUT2D eigenvalue weighted by molar-refractivity contribution is 5.43. The average molecular weight is 280 g/mol. The van der Waals surface area contributed by atoms with Crippen LogP contribution in [0.2, 0.25) is 0 Å². The molecular formula is C16H24O4. The van der Waals surface area contributed by atoms with Crippen LogP contribution in [0.5, 0.6) is 11.5 Å². The largest absolute Gasteiger partial charge is 0.493 e.